The van der Waals surface area contributed by atoms with E-state index in [-0.39, 0.29) is 5.54 Å². The summed E-state index contributed by atoms with van der Waals surface area (Å²) in [5.74, 6) is 0. The fraction of sp³-hybridized carbons (Fsp3) is 1.00. The van der Waals surface area contributed by atoms with Gasteiger partial charge in [0.15, 0.2) is 0 Å². The Morgan fingerprint density at radius 3 is 2.62 bits per heavy atom. The smallest absolute Gasteiger partial charge is 0.0613 e. The van der Waals surface area contributed by atoms with E-state index in [1.165, 1.54) is 38.6 Å². The Kier molecular flexibility index (Phi) is 4.22. The summed E-state index contributed by atoms with van der Waals surface area (Å²) >= 11 is 0. The first-order chi connectivity index (χ1) is 7.76. The molecule has 1 saturated carbocycles. The average molecular weight is 226 g/mol. The van der Waals surface area contributed by atoms with Gasteiger partial charge in [-0.3, -0.25) is 0 Å². The minimum atomic E-state index is 0.0539. The third kappa shape index (κ3) is 2.76. The molecule has 94 valence electrons. The van der Waals surface area contributed by atoms with Gasteiger partial charge in [-0.05, 0) is 39.3 Å². The predicted molar refractivity (Wildman–Crippen MR) is 66.6 cm³/mol. The summed E-state index contributed by atoms with van der Waals surface area (Å²) in [6, 6.07) is 0.678. The molecule has 16 heavy (non-hydrogen) atoms. The van der Waals surface area contributed by atoms with Gasteiger partial charge in [0.05, 0.1) is 6.61 Å². The molecule has 3 nitrogen and oxygen atoms in total. The Morgan fingerprint density at radius 2 is 2.00 bits per heavy atom. The zero-order valence-corrected chi connectivity index (χ0v) is 10.5. The Labute approximate surface area is 99.2 Å². The maximum absolute atomic E-state index is 9.54. The molecule has 1 heterocycles. The normalized spacial score (nSPS) is 30.8. The number of likely N-dealkylation sites (tertiary alicyclic amines) is 1. The molecule has 0 bridgehead atoms. The van der Waals surface area contributed by atoms with E-state index in [0.29, 0.717) is 12.6 Å². The molecular formula is C13H26N2O. The number of nitrogens with zero attached hydrogens (tertiary/aromatic N) is 1. The zero-order valence-electron chi connectivity index (χ0n) is 10.5. The summed E-state index contributed by atoms with van der Waals surface area (Å²) in [5, 5.41) is 13.2. The highest BCUT2D eigenvalue weighted by Gasteiger charge is 2.33. The number of aliphatic hydroxyl groups excluding tert-OH is 1. The van der Waals surface area contributed by atoms with E-state index in [1.807, 2.05) is 0 Å². The minimum Gasteiger partial charge on any atom is -0.394 e. The molecule has 0 aromatic rings. The summed E-state index contributed by atoms with van der Waals surface area (Å²) in [6.45, 7) is 2.60. The van der Waals surface area contributed by atoms with Gasteiger partial charge in [0.25, 0.3) is 0 Å². The van der Waals surface area contributed by atoms with E-state index in [1.54, 1.807) is 0 Å². The second kappa shape index (κ2) is 5.48. The van der Waals surface area contributed by atoms with Crippen LogP contribution in [0.5, 0.6) is 0 Å². The maximum Gasteiger partial charge on any atom is 0.0613 e. The lowest BCUT2D eigenvalue weighted by Crippen LogP contribution is -2.52. The molecule has 0 aromatic heterocycles. The van der Waals surface area contributed by atoms with Crippen LogP contribution in [-0.2, 0) is 0 Å². The maximum atomic E-state index is 9.54. The molecule has 1 aliphatic carbocycles. The SMILES string of the molecule is CN1CCCCC1CNC1(CO)CCCC1. The lowest BCUT2D eigenvalue weighted by atomic mass is 9.96. The second-order valence-corrected chi connectivity index (χ2v) is 5.66. The topological polar surface area (TPSA) is 35.5 Å². The predicted octanol–water partition coefficient (Wildman–Crippen LogP) is 1.37. The molecule has 2 aliphatic rings. The molecule has 1 aliphatic heterocycles. The van der Waals surface area contributed by atoms with Crippen molar-refractivity contribution in [3.05, 3.63) is 0 Å². The third-order valence-electron chi connectivity index (χ3n) is 4.50. The van der Waals surface area contributed by atoms with E-state index in [4.69, 9.17) is 0 Å². The van der Waals surface area contributed by atoms with Crippen molar-refractivity contribution in [3.63, 3.8) is 0 Å². The molecule has 2 fully saturated rings. The fourth-order valence-corrected chi connectivity index (χ4v) is 3.18. The second-order valence-electron chi connectivity index (χ2n) is 5.66. The standard InChI is InChI=1S/C13H26N2O/c1-15-9-5-2-6-12(15)10-14-13(11-16)7-3-4-8-13/h12,14,16H,2-11H2,1H3. The molecule has 1 unspecified atom stereocenters. The lowest BCUT2D eigenvalue weighted by Gasteiger charge is -2.36. The van der Waals surface area contributed by atoms with Crippen LogP contribution in [0.3, 0.4) is 0 Å². The van der Waals surface area contributed by atoms with Gasteiger partial charge in [0.2, 0.25) is 0 Å². The molecule has 3 heteroatoms. The Bertz CT molecular complexity index is 214. The van der Waals surface area contributed by atoms with Crippen molar-refractivity contribution in [1.82, 2.24) is 10.2 Å². The highest BCUT2D eigenvalue weighted by Crippen LogP contribution is 2.29. The van der Waals surface area contributed by atoms with Crippen LogP contribution in [0.25, 0.3) is 0 Å². The summed E-state index contributed by atoms with van der Waals surface area (Å²) < 4.78 is 0. The van der Waals surface area contributed by atoms with Crippen molar-refractivity contribution in [1.29, 1.82) is 0 Å². The summed E-state index contributed by atoms with van der Waals surface area (Å²) in [4.78, 5) is 2.47. The summed E-state index contributed by atoms with van der Waals surface area (Å²) in [6.07, 6.45) is 8.87. The molecule has 0 amide bonds. The Morgan fingerprint density at radius 1 is 1.25 bits per heavy atom. The molecule has 2 N–H and O–H groups in total. The van der Waals surface area contributed by atoms with Crippen molar-refractivity contribution in [2.24, 2.45) is 0 Å². The number of likely N-dealkylation sites (N-methyl/N-ethyl adjacent to an activating group) is 1. The van der Waals surface area contributed by atoms with Gasteiger partial charge < -0.3 is 15.3 Å². The number of hydrogen-bond donors (Lipinski definition) is 2. The van der Waals surface area contributed by atoms with Crippen molar-refractivity contribution in [2.45, 2.75) is 56.5 Å². The van der Waals surface area contributed by atoms with E-state index >= 15 is 0 Å². The molecule has 1 saturated heterocycles. The third-order valence-corrected chi connectivity index (χ3v) is 4.50. The van der Waals surface area contributed by atoms with E-state index in [0.717, 1.165) is 19.4 Å². The van der Waals surface area contributed by atoms with Crippen LogP contribution in [0.15, 0.2) is 0 Å². The first kappa shape index (κ1) is 12.3. The number of rotatable bonds is 4. The van der Waals surface area contributed by atoms with Crippen LogP contribution in [0.2, 0.25) is 0 Å². The molecule has 0 aromatic carbocycles. The first-order valence-corrected chi connectivity index (χ1v) is 6.82. The van der Waals surface area contributed by atoms with Crippen LogP contribution in [-0.4, -0.2) is 48.3 Å². The van der Waals surface area contributed by atoms with E-state index in [9.17, 15) is 5.11 Å². The number of hydrogen-bond acceptors (Lipinski definition) is 3. The van der Waals surface area contributed by atoms with Crippen LogP contribution >= 0.6 is 0 Å². The van der Waals surface area contributed by atoms with Gasteiger partial charge in [0.1, 0.15) is 0 Å². The van der Waals surface area contributed by atoms with Gasteiger partial charge in [-0.15, -0.1) is 0 Å². The molecule has 0 spiro atoms. The Hall–Kier alpha value is -0.120. The molecule has 0 radical (unpaired) electrons. The van der Waals surface area contributed by atoms with Crippen LogP contribution in [0, 0.1) is 0 Å². The summed E-state index contributed by atoms with van der Waals surface area (Å²) in [5.41, 5.74) is 0.0539. The first-order valence-electron chi connectivity index (χ1n) is 6.82. The zero-order chi connectivity index (χ0) is 11.4. The van der Waals surface area contributed by atoms with Crippen molar-refractivity contribution in [2.75, 3.05) is 26.7 Å². The molecular weight excluding hydrogens is 200 g/mol. The van der Waals surface area contributed by atoms with E-state index in [2.05, 4.69) is 17.3 Å². The minimum absolute atomic E-state index is 0.0539. The van der Waals surface area contributed by atoms with Gasteiger partial charge in [-0.1, -0.05) is 19.3 Å². The van der Waals surface area contributed by atoms with Gasteiger partial charge in [-0.25, -0.2) is 0 Å². The largest absolute Gasteiger partial charge is 0.394 e. The molecule has 1 atom stereocenters. The van der Waals surface area contributed by atoms with Crippen molar-refractivity contribution in [3.8, 4) is 0 Å². The monoisotopic (exact) mass is 226 g/mol. The Balaban J connectivity index is 1.80. The molecule has 2 rings (SSSR count). The average Bonchev–Trinajstić information content (AvgIpc) is 2.78. The van der Waals surface area contributed by atoms with Gasteiger partial charge in [-0.2, -0.15) is 0 Å². The van der Waals surface area contributed by atoms with E-state index < -0.39 is 0 Å². The van der Waals surface area contributed by atoms with Crippen molar-refractivity contribution < 1.29 is 5.11 Å². The summed E-state index contributed by atoms with van der Waals surface area (Å²) in [7, 11) is 2.23. The highest BCUT2D eigenvalue weighted by atomic mass is 16.3. The number of aliphatic hydroxyl groups is 1. The van der Waals surface area contributed by atoms with Crippen LogP contribution in [0.4, 0.5) is 0 Å². The number of nitrogens with one attached hydrogen (secondary N) is 1. The highest BCUT2D eigenvalue weighted by molar-refractivity contribution is 4.93. The van der Waals surface area contributed by atoms with Crippen LogP contribution < -0.4 is 5.32 Å². The van der Waals surface area contributed by atoms with Crippen LogP contribution in [0.1, 0.15) is 44.9 Å². The van der Waals surface area contributed by atoms with Gasteiger partial charge in [0, 0.05) is 18.1 Å². The van der Waals surface area contributed by atoms with Gasteiger partial charge >= 0.3 is 0 Å². The van der Waals surface area contributed by atoms with Crippen molar-refractivity contribution >= 4 is 0 Å². The fourth-order valence-electron chi connectivity index (χ4n) is 3.18. The quantitative estimate of drug-likeness (QED) is 0.760. The number of piperidine rings is 1. The lowest BCUT2D eigenvalue weighted by molar-refractivity contribution is 0.131.